The lowest BCUT2D eigenvalue weighted by atomic mass is 10.1. The number of likely N-dealkylation sites (tertiary alicyclic amines) is 1. The van der Waals surface area contributed by atoms with Gasteiger partial charge in [-0.3, -0.25) is 10.3 Å². The summed E-state index contributed by atoms with van der Waals surface area (Å²) in [4.78, 5) is 26.4. The van der Waals surface area contributed by atoms with Crippen molar-refractivity contribution < 1.29 is 4.79 Å². The van der Waals surface area contributed by atoms with E-state index in [1.165, 1.54) is 0 Å². The molecule has 0 spiro atoms. The second-order valence-electron chi connectivity index (χ2n) is 4.79. The van der Waals surface area contributed by atoms with Gasteiger partial charge in [0.1, 0.15) is 0 Å². The number of hydrogen-bond acceptors (Lipinski definition) is 4. The summed E-state index contributed by atoms with van der Waals surface area (Å²) < 4.78 is 0.915. The number of rotatable bonds is 2. The molecule has 1 saturated heterocycles. The molecule has 0 bridgehead atoms. The Hall–Kier alpha value is -2.02. The van der Waals surface area contributed by atoms with E-state index in [1.54, 1.807) is 35.8 Å². The maximum Gasteiger partial charge on any atom is 0.324 e. The molecule has 3 rings (SSSR count). The van der Waals surface area contributed by atoms with Crippen LogP contribution in [0, 0.1) is 0 Å². The van der Waals surface area contributed by atoms with E-state index in [1.807, 2.05) is 6.07 Å². The van der Waals surface area contributed by atoms with Crippen LogP contribution < -0.4 is 5.32 Å². The van der Waals surface area contributed by atoms with Gasteiger partial charge in [0.2, 0.25) is 5.95 Å². The van der Waals surface area contributed by atoms with E-state index in [-0.39, 0.29) is 12.1 Å². The second-order valence-corrected chi connectivity index (χ2v) is 5.71. The minimum Gasteiger partial charge on any atom is -0.317 e. The van der Waals surface area contributed by atoms with Gasteiger partial charge in [-0.2, -0.15) is 0 Å². The summed E-state index contributed by atoms with van der Waals surface area (Å²) in [6, 6.07) is 3.58. The first-order valence-corrected chi connectivity index (χ1v) is 7.48. The molecule has 1 fully saturated rings. The predicted molar refractivity (Wildman–Crippen MR) is 81.7 cm³/mol. The number of nitrogens with one attached hydrogen (secondary N) is 1. The Bertz CT molecular complexity index is 636. The lowest BCUT2D eigenvalue weighted by Gasteiger charge is -2.24. The molecular formula is C14H14BrN5O. The molecule has 2 aromatic heterocycles. The standard InChI is InChI=1S/C14H14BrN5O/c15-11-7-10(8-16-9-11)12-3-1-6-20(12)14(21)19-13-17-4-2-5-18-13/h2,4-5,7-9,12H,1,3,6H2,(H,17,18,19,21). The largest absolute Gasteiger partial charge is 0.324 e. The van der Waals surface area contributed by atoms with Crippen molar-refractivity contribution in [3.63, 3.8) is 0 Å². The van der Waals surface area contributed by atoms with Crippen LogP contribution in [0.15, 0.2) is 41.4 Å². The molecule has 1 unspecified atom stereocenters. The van der Waals surface area contributed by atoms with Crippen molar-refractivity contribution in [2.24, 2.45) is 0 Å². The van der Waals surface area contributed by atoms with Gasteiger partial charge < -0.3 is 4.90 Å². The topological polar surface area (TPSA) is 71.0 Å². The number of urea groups is 1. The van der Waals surface area contributed by atoms with Gasteiger partial charge in [0.05, 0.1) is 6.04 Å². The molecule has 7 heteroatoms. The Kier molecular flexibility index (Phi) is 4.10. The van der Waals surface area contributed by atoms with Crippen LogP contribution in [0.3, 0.4) is 0 Å². The zero-order chi connectivity index (χ0) is 14.7. The summed E-state index contributed by atoms with van der Waals surface area (Å²) in [6.07, 6.45) is 8.65. The van der Waals surface area contributed by atoms with E-state index in [9.17, 15) is 4.79 Å². The predicted octanol–water partition coefficient (Wildman–Crippen LogP) is 3.00. The quantitative estimate of drug-likeness (QED) is 0.906. The third-order valence-electron chi connectivity index (χ3n) is 3.41. The van der Waals surface area contributed by atoms with Crippen molar-refractivity contribution in [3.05, 3.63) is 47.0 Å². The molecule has 2 amide bonds. The monoisotopic (exact) mass is 347 g/mol. The average molecular weight is 348 g/mol. The Morgan fingerprint density at radius 3 is 2.90 bits per heavy atom. The zero-order valence-electron chi connectivity index (χ0n) is 11.2. The van der Waals surface area contributed by atoms with Crippen LogP contribution in [0.2, 0.25) is 0 Å². The van der Waals surface area contributed by atoms with Crippen LogP contribution in [0.4, 0.5) is 10.7 Å². The number of pyridine rings is 1. The van der Waals surface area contributed by atoms with E-state index in [2.05, 4.69) is 36.2 Å². The van der Waals surface area contributed by atoms with Gasteiger partial charge in [-0.15, -0.1) is 0 Å². The Labute approximate surface area is 130 Å². The van der Waals surface area contributed by atoms with E-state index >= 15 is 0 Å². The lowest BCUT2D eigenvalue weighted by Crippen LogP contribution is -2.35. The highest BCUT2D eigenvalue weighted by atomic mass is 79.9. The maximum absolute atomic E-state index is 12.4. The summed E-state index contributed by atoms with van der Waals surface area (Å²) in [7, 11) is 0. The number of aromatic nitrogens is 3. The van der Waals surface area contributed by atoms with Gasteiger partial charge in [-0.25, -0.2) is 14.8 Å². The Morgan fingerprint density at radius 1 is 1.33 bits per heavy atom. The van der Waals surface area contributed by atoms with Gasteiger partial charge in [0, 0.05) is 35.8 Å². The summed E-state index contributed by atoms with van der Waals surface area (Å²) in [5.74, 6) is 0.320. The Morgan fingerprint density at radius 2 is 2.14 bits per heavy atom. The first kappa shape index (κ1) is 13.9. The van der Waals surface area contributed by atoms with Crippen molar-refractivity contribution in [2.45, 2.75) is 18.9 Å². The average Bonchev–Trinajstić information content (AvgIpc) is 2.98. The highest BCUT2D eigenvalue weighted by Gasteiger charge is 2.30. The number of anilines is 1. The van der Waals surface area contributed by atoms with Crippen molar-refractivity contribution >= 4 is 27.9 Å². The first-order valence-electron chi connectivity index (χ1n) is 6.69. The molecule has 2 aromatic rings. The summed E-state index contributed by atoms with van der Waals surface area (Å²) >= 11 is 3.42. The molecule has 0 radical (unpaired) electrons. The fourth-order valence-corrected chi connectivity index (χ4v) is 2.88. The molecular weight excluding hydrogens is 334 g/mol. The summed E-state index contributed by atoms with van der Waals surface area (Å²) in [6.45, 7) is 0.718. The number of amides is 2. The minimum absolute atomic E-state index is 0.0405. The van der Waals surface area contributed by atoms with E-state index in [0.717, 1.165) is 29.4 Å². The van der Waals surface area contributed by atoms with Gasteiger partial charge in [-0.05, 0) is 46.5 Å². The fourth-order valence-electron chi connectivity index (χ4n) is 2.50. The van der Waals surface area contributed by atoms with Crippen LogP contribution in [0.5, 0.6) is 0 Å². The number of halogens is 1. The molecule has 1 N–H and O–H groups in total. The molecule has 0 aliphatic carbocycles. The van der Waals surface area contributed by atoms with Gasteiger partial charge >= 0.3 is 6.03 Å². The van der Waals surface area contributed by atoms with Gasteiger partial charge in [-0.1, -0.05) is 0 Å². The minimum atomic E-state index is -0.177. The van der Waals surface area contributed by atoms with Crippen molar-refractivity contribution in [2.75, 3.05) is 11.9 Å². The maximum atomic E-state index is 12.4. The van der Waals surface area contributed by atoms with Crippen LogP contribution >= 0.6 is 15.9 Å². The van der Waals surface area contributed by atoms with Gasteiger partial charge in [0.25, 0.3) is 0 Å². The SMILES string of the molecule is O=C(Nc1ncccn1)N1CCCC1c1cncc(Br)c1. The fraction of sp³-hybridized carbons (Fsp3) is 0.286. The third kappa shape index (κ3) is 3.18. The molecule has 1 atom stereocenters. The van der Waals surface area contributed by atoms with E-state index in [4.69, 9.17) is 0 Å². The molecule has 0 saturated carbocycles. The molecule has 21 heavy (non-hydrogen) atoms. The smallest absolute Gasteiger partial charge is 0.317 e. The van der Waals surface area contributed by atoms with Crippen LogP contribution in [0.25, 0.3) is 0 Å². The van der Waals surface area contributed by atoms with Crippen LogP contribution in [-0.4, -0.2) is 32.4 Å². The molecule has 1 aliphatic heterocycles. The summed E-state index contributed by atoms with van der Waals surface area (Å²) in [5.41, 5.74) is 1.03. The van der Waals surface area contributed by atoms with Crippen molar-refractivity contribution in [1.29, 1.82) is 0 Å². The number of carbonyl (C=O) groups excluding carboxylic acids is 1. The molecule has 6 nitrogen and oxygen atoms in total. The molecule has 108 valence electrons. The number of hydrogen-bond donors (Lipinski definition) is 1. The van der Waals surface area contributed by atoms with Crippen molar-refractivity contribution in [3.8, 4) is 0 Å². The van der Waals surface area contributed by atoms with E-state index in [0.29, 0.717) is 5.95 Å². The highest BCUT2D eigenvalue weighted by Crippen LogP contribution is 2.32. The first-order chi connectivity index (χ1) is 10.2. The van der Waals surface area contributed by atoms with Crippen LogP contribution in [0.1, 0.15) is 24.4 Å². The Balaban J connectivity index is 1.76. The summed E-state index contributed by atoms with van der Waals surface area (Å²) in [5, 5.41) is 2.73. The zero-order valence-corrected chi connectivity index (χ0v) is 12.8. The second kappa shape index (κ2) is 6.17. The highest BCUT2D eigenvalue weighted by molar-refractivity contribution is 9.10. The van der Waals surface area contributed by atoms with Crippen LogP contribution in [-0.2, 0) is 0 Å². The molecule has 0 aromatic carbocycles. The third-order valence-corrected chi connectivity index (χ3v) is 3.84. The van der Waals surface area contributed by atoms with E-state index < -0.39 is 0 Å². The molecule has 3 heterocycles. The molecule has 1 aliphatic rings. The lowest BCUT2D eigenvalue weighted by molar-refractivity contribution is 0.207. The van der Waals surface area contributed by atoms with Gasteiger partial charge in [0.15, 0.2) is 0 Å². The normalized spacial score (nSPS) is 17.8. The van der Waals surface area contributed by atoms with Crippen molar-refractivity contribution in [1.82, 2.24) is 19.9 Å². The number of nitrogens with zero attached hydrogens (tertiary/aromatic N) is 4. The number of carbonyl (C=O) groups is 1.